The number of methoxy groups -OCH3 is 2. The summed E-state index contributed by atoms with van der Waals surface area (Å²) in [6.45, 7) is 2.77. The lowest BCUT2D eigenvalue weighted by Crippen LogP contribution is -2.32. The third kappa shape index (κ3) is 3.29. The third-order valence-corrected chi connectivity index (χ3v) is 6.26. The monoisotopic (exact) mass is 344 g/mol. The molecule has 136 valence electrons. The number of carbonyl (C=O) groups excluding carboxylic acids is 1. The van der Waals surface area contributed by atoms with Crippen molar-refractivity contribution in [1.82, 2.24) is 5.32 Å². The second-order valence-electron chi connectivity index (χ2n) is 7.70. The topological polar surface area (TPSA) is 50.8 Å². The highest BCUT2D eigenvalue weighted by atomic mass is 16.5. The average Bonchev–Trinajstić information content (AvgIpc) is 3.01. The molecule has 0 radical (unpaired) electrons. The van der Waals surface area contributed by atoms with Crippen LogP contribution in [0.2, 0.25) is 0 Å². The van der Waals surface area contributed by atoms with Crippen LogP contribution >= 0.6 is 0 Å². The first-order valence-corrected chi connectivity index (χ1v) is 9.45. The highest BCUT2D eigenvalue weighted by Gasteiger charge is 2.56. The van der Waals surface area contributed by atoms with Crippen LogP contribution in [-0.2, 0) is 4.79 Å². The van der Waals surface area contributed by atoms with E-state index in [0.717, 1.165) is 43.2 Å². The molecular weight excluding hydrogens is 316 g/mol. The third-order valence-electron chi connectivity index (χ3n) is 6.26. The van der Waals surface area contributed by atoms with E-state index in [1.54, 1.807) is 14.2 Å². The van der Waals surface area contributed by atoms with Gasteiger partial charge in [-0.1, -0.05) is 6.42 Å². The van der Waals surface area contributed by atoms with Crippen molar-refractivity contribution >= 4 is 11.6 Å². The number of nitrogens with one attached hydrogen (secondary N) is 1. The molecule has 1 saturated heterocycles. The van der Waals surface area contributed by atoms with Gasteiger partial charge in [0.25, 0.3) is 0 Å². The highest BCUT2D eigenvalue weighted by molar-refractivity contribution is 5.82. The summed E-state index contributed by atoms with van der Waals surface area (Å²) >= 11 is 0. The Kier molecular flexibility index (Phi) is 4.48. The van der Waals surface area contributed by atoms with Gasteiger partial charge in [-0.25, -0.2) is 0 Å². The lowest BCUT2D eigenvalue weighted by molar-refractivity contribution is -0.123. The Hall–Kier alpha value is -1.91. The number of hydrogen-bond donors (Lipinski definition) is 1. The molecular formula is C20H28N2O3. The highest BCUT2D eigenvalue weighted by Crippen LogP contribution is 2.57. The minimum Gasteiger partial charge on any atom is -0.497 e. The molecule has 0 spiro atoms. The van der Waals surface area contributed by atoms with Gasteiger partial charge in [-0.3, -0.25) is 4.79 Å². The fourth-order valence-electron chi connectivity index (χ4n) is 4.78. The minimum atomic E-state index is 0.302. The van der Waals surface area contributed by atoms with E-state index < -0.39 is 0 Å². The number of anilines is 1. The Morgan fingerprint density at radius 1 is 1.12 bits per heavy atom. The SMILES string of the molecule is COc1cc(OC)cc(N2CC[C@H](CNC(=O)C3[C@H]4CCC[C@H]34)C2)c1. The minimum absolute atomic E-state index is 0.302. The van der Waals surface area contributed by atoms with Crippen molar-refractivity contribution in [3.05, 3.63) is 18.2 Å². The van der Waals surface area contributed by atoms with Gasteiger partial charge in [-0.2, -0.15) is 0 Å². The number of rotatable bonds is 6. The van der Waals surface area contributed by atoms with E-state index in [9.17, 15) is 4.79 Å². The predicted molar refractivity (Wildman–Crippen MR) is 97.2 cm³/mol. The molecule has 25 heavy (non-hydrogen) atoms. The number of benzene rings is 1. The van der Waals surface area contributed by atoms with Gasteiger partial charge in [-0.15, -0.1) is 0 Å². The second kappa shape index (κ2) is 6.77. The number of ether oxygens (including phenoxy) is 2. The van der Waals surface area contributed by atoms with Gasteiger partial charge >= 0.3 is 0 Å². The Balaban J connectivity index is 1.30. The fourth-order valence-corrected chi connectivity index (χ4v) is 4.78. The smallest absolute Gasteiger partial charge is 0.223 e. The summed E-state index contributed by atoms with van der Waals surface area (Å²) in [4.78, 5) is 14.7. The van der Waals surface area contributed by atoms with E-state index in [1.165, 1.54) is 19.3 Å². The molecule has 4 rings (SSSR count). The van der Waals surface area contributed by atoms with Crippen LogP contribution in [0.3, 0.4) is 0 Å². The fraction of sp³-hybridized carbons (Fsp3) is 0.650. The molecule has 2 saturated carbocycles. The van der Waals surface area contributed by atoms with Gasteiger partial charge in [-0.05, 0) is 37.0 Å². The molecule has 0 bridgehead atoms. The molecule has 1 aromatic carbocycles. The van der Waals surface area contributed by atoms with E-state index in [1.807, 2.05) is 6.07 Å². The van der Waals surface area contributed by atoms with Crippen LogP contribution in [0.5, 0.6) is 11.5 Å². The summed E-state index contributed by atoms with van der Waals surface area (Å²) in [5.41, 5.74) is 1.13. The van der Waals surface area contributed by atoms with Crippen molar-refractivity contribution in [3.8, 4) is 11.5 Å². The lowest BCUT2D eigenvalue weighted by atomic mass is 10.1. The molecule has 1 aliphatic heterocycles. The lowest BCUT2D eigenvalue weighted by Gasteiger charge is -2.20. The Bertz CT molecular complexity index is 616. The molecule has 2 aliphatic carbocycles. The van der Waals surface area contributed by atoms with Crippen molar-refractivity contribution in [2.75, 3.05) is 38.8 Å². The van der Waals surface area contributed by atoms with Gasteiger partial charge < -0.3 is 19.7 Å². The van der Waals surface area contributed by atoms with Crippen LogP contribution in [0.25, 0.3) is 0 Å². The van der Waals surface area contributed by atoms with Crippen molar-refractivity contribution in [2.24, 2.45) is 23.7 Å². The standard InChI is InChI=1S/C20H28N2O3/c1-24-15-8-14(9-16(10-15)25-2)22-7-6-13(12-22)11-21-20(23)19-17-4-3-5-18(17)19/h8-10,13,17-19H,3-7,11-12H2,1-2H3,(H,21,23)/t13-,17+,18+/m1/s1. The summed E-state index contributed by atoms with van der Waals surface area (Å²) in [6.07, 6.45) is 4.95. The molecule has 1 amide bonds. The van der Waals surface area contributed by atoms with Crippen molar-refractivity contribution in [1.29, 1.82) is 0 Å². The largest absolute Gasteiger partial charge is 0.497 e. The molecule has 1 aromatic rings. The number of amides is 1. The first kappa shape index (κ1) is 16.6. The van der Waals surface area contributed by atoms with E-state index in [0.29, 0.717) is 29.6 Å². The predicted octanol–water partition coefficient (Wildman–Crippen LogP) is 2.69. The summed E-state index contributed by atoms with van der Waals surface area (Å²) in [6, 6.07) is 5.99. The Labute approximate surface area is 149 Å². The van der Waals surface area contributed by atoms with Crippen molar-refractivity contribution in [3.63, 3.8) is 0 Å². The molecule has 0 aromatic heterocycles. The summed E-state index contributed by atoms with van der Waals surface area (Å²) in [7, 11) is 3.35. The van der Waals surface area contributed by atoms with Crippen LogP contribution < -0.4 is 19.7 Å². The zero-order valence-electron chi connectivity index (χ0n) is 15.2. The normalized spacial score (nSPS) is 30.1. The van der Waals surface area contributed by atoms with Crippen molar-refractivity contribution in [2.45, 2.75) is 25.7 Å². The molecule has 3 fully saturated rings. The maximum atomic E-state index is 12.3. The van der Waals surface area contributed by atoms with Gasteiger partial charge in [0.15, 0.2) is 0 Å². The van der Waals surface area contributed by atoms with Crippen LogP contribution in [0.1, 0.15) is 25.7 Å². The molecule has 1 heterocycles. The summed E-state index contributed by atoms with van der Waals surface area (Å²) in [5, 5.41) is 3.22. The van der Waals surface area contributed by atoms with Gasteiger partial charge in [0.2, 0.25) is 5.91 Å². The van der Waals surface area contributed by atoms with E-state index in [-0.39, 0.29) is 0 Å². The van der Waals surface area contributed by atoms with Crippen LogP contribution in [0, 0.1) is 23.7 Å². The van der Waals surface area contributed by atoms with Gasteiger partial charge in [0.1, 0.15) is 11.5 Å². The summed E-state index contributed by atoms with van der Waals surface area (Å²) < 4.78 is 10.7. The maximum absolute atomic E-state index is 12.3. The summed E-state index contributed by atoms with van der Waals surface area (Å²) in [5.74, 6) is 4.16. The van der Waals surface area contributed by atoms with E-state index >= 15 is 0 Å². The zero-order valence-corrected chi connectivity index (χ0v) is 15.2. The van der Waals surface area contributed by atoms with Crippen LogP contribution in [-0.4, -0.2) is 39.8 Å². The molecule has 5 heteroatoms. The molecule has 5 nitrogen and oxygen atoms in total. The molecule has 3 atom stereocenters. The zero-order chi connectivity index (χ0) is 17.4. The second-order valence-corrected chi connectivity index (χ2v) is 7.70. The van der Waals surface area contributed by atoms with E-state index in [2.05, 4.69) is 22.3 Å². The van der Waals surface area contributed by atoms with Gasteiger partial charge in [0.05, 0.1) is 14.2 Å². The van der Waals surface area contributed by atoms with E-state index in [4.69, 9.17) is 9.47 Å². The van der Waals surface area contributed by atoms with Crippen LogP contribution in [0.4, 0.5) is 5.69 Å². The maximum Gasteiger partial charge on any atom is 0.223 e. The molecule has 0 unspecified atom stereocenters. The molecule has 3 aliphatic rings. The van der Waals surface area contributed by atoms with Crippen molar-refractivity contribution < 1.29 is 14.3 Å². The quantitative estimate of drug-likeness (QED) is 0.862. The number of carbonyl (C=O) groups is 1. The molecule has 1 N–H and O–H groups in total. The average molecular weight is 344 g/mol. The Morgan fingerprint density at radius 2 is 1.80 bits per heavy atom. The number of hydrogen-bond acceptors (Lipinski definition) is 4. The first-order valence-electron chi connectivity index (χ1n) is 9.45. The first-order chi connectivity index (χ1) is 12.2. The number of fused-ring (bicyclic) bond motifs is 1. The van der Waals surface area contributed by atoms with Gasteiger partial charge in [0, 0.05) is 49.4 Å². The number of nitrogens with zero attached hydrogens (tertiary/aromatic N) is 1. The van der Waals surface area contributed by atoms with Crippen LogP contribution in [0.15, 0.2) is 18.2 Å². The Morgan fingerprint density at radius 3 is 2.44 bits per heavy atom.